The molecule has 0 aromatic heterocycles. The van der Waals surface area contributed by atoms with E-state index < -0.39 is 10.0 Å². The van der Waals surface area contributed by atoms with Crippen molar-refractivity contribution in [3.05, 3.63) is 78.4 Å². The standard InChI is InChI=1S/C19H22N2O3S/c1-2-14-20-19(22)17-10-12-18(13-11-17)25(23,24)21-15-6-9-16-7-4-3-5-8-16/h2-5,7-8,10-13,21H,1,6,9,14-15H2,(H,20,22). The smallest absolute Gasteiger partial charge is 0.251 e. The first kappa shape index (κ1) is 18.9. The van der Waals surface area contributed by atoms with Crippen LogP contribution in [0.4, 0.5) is 0 Å². The summed E-state index contributed by atoms with van der Waals surface area (Å²) in [7, 11) is -3.57. The number of hydrogen-bond acceptors (Lipinski definition) is 3. The molecule has 6 heteroatoms. The van der Waals surface area contributed by atoms with Crippen molar-refractivity contribution in [2.45, 2.75) is 17.7 Å². The van der Waals surface area contributed by atoms with Crippen molar-refractivity contribution >= 4 is 15.9 Å². The van der Waals surface area contributed by atoms with Crippen LogP contribution in [0.3, 0.4) is 0 Å². The lowest BCUT2D eigenvalue weighted by Crippen LogP contribution is -2.26. The van der Waals surface area contributed by atoms with Crippen molar-refractivity contribution in [3.8, 4) is 0 Å². The van der Waals surface area contributed by atoms with Crippen LogP contribution in [-0.2, 0) is 16.4 Å². The number of carbonyl (C=O) groups excluding carboxylic acids is 1. The third-order valence-electron chi connectivity index (χ3n) is 3.61. The highest BCUT2D eigenvalue weighted by molar-refractivity contribution is 7.89. The Bertz CT molecular complexity index is 800. The molecule has 0 radical (unpaired) electrons. The third kappa shape index (κ3) is 5.85. The first-order valence-corrected chi connectivity index (χ1v) is 9.54. The molecule has 0 aliphatic rings. The normalized spacial score (nSPS) is 11.0. The molecule has 0 aliphatic carbocycles. The van der Waals surface area contributed by atoms with Crippen molar-refractivity contribution in [2.24, 2.45) is 0 Å². The van der Waals surface area contributed by atoms with Crippen molar-refractivity contribution in [1.29, 1.82) is 0 Å². The lowest BCUT2D eigenvalue weighted by atomic mass is 10.1. The molecule has 2 aromatic carbocycles. The molecule has 0 atom stereocenters. The molecule has 0 unspecified atom stereocenters. The third-order valence-corrected chi connectivity index (χ3v) is 5.09. The second-order valence-electron chi connectivity index (χ2n) is 5.51. The van der Waals surface area contributed by atoms with E-state index in [0.29, 0.717) is 25.1 Å². The molecule has 2 rings (SSSR count). The molecule has 0 spiro atoms. The first-order chi connectivity index (χ1) is 12.0. The van der Waals surface area contributed by atoms with Gasteiger partial charge in [-0.05, 0) is 42.7 Å². The molecule has 25 heavy (non-hydrogen) atoms. The predicted octanol–water partition coefficient (Wildman–Crippen LogP) is 2.51. The zero-order valence-electron chi connectivity index (χ0n) is 13.9. The summed E-state index contributed by atoms with van der Waals surface area (Å²) in [4.78, 5) is 11.9. The summed E-state index contributed by atoms with van der Waals surface area (Å²) in [6.45, 7) is 4.25. The summed E-state index contributed by atoms with van der Waals surface area (Å²) in [5.41, 5.74) is 1.58. The Balaban J connectivity index is 1.88. The minimum absolute atomic E-state index is 0.146. The maximum absolute atomic E-state index is 12.3. The van der Waals surface area contributed by atoms with Gasteiger partial charge in [-0.15, -0.1) is 6.58 Å². The zero-order valence-corrected chi connectivity index (χ0v) is 14.8. The zero-order chi connectivity index (χ0) is 18.1. The van der Waals surface area contributed by atoms with Crippen LogP contribution in [0.5, 0.6) is 0 Å². The molecule has 0 heterocycles. The maximum Gasteiger partial charge on any atom is 0.251 e. The highest BCUT2D eigenvalue weighted by Gasteiger charge is 2.14. The van der Waals surface area contributed by atoms with Crippen LogP contribution in [0.25, 0.3) is 0 Å². The Morgan fingerprint density at radius 2 is 1.72 bits per heavy atom. The molecule has 0 saturated heterocycles. The van der Waals surface area contributed by atoms with E-state index >= 15 is 0 Å². The molecular weight excluding hydrogens is 336 g/mol. The largest absolute Gasteiger partial charge is 0.349 e. The van der Waals surface area contributed by atoms with Gasteiger partial charge in [-0.3, -0.25) is 4.79 Å². The van der Waals surface area contributed by atoms with Crippen LogP contribution in [-0.4, -0.2) is 27.4 Å². The molecule has 2 N–H and O–H groups in total. The van der Waals surface area contributed by atoms with Crippen LogP contribution in [0, 0.1) is 0 Å². The summed E-state index contributed by atoms with van der Waals surface area (Å²) < 4.78 is 27.1. The van der Waals surface area contributed by atoms with Gasteiger partial charge < -0.3 is 5.32 Å². The van der Waals surface area contributed by atoms with Gasteiger partial charge in [-0.2, -0.15) is 0 Å². The summed E-state index contributed by atoms with van der Waals surface area (Å²) in [5.74, 6) is -0.264. The number of amides is 1. The number of nitrogens with one attached hydrogen (secondary N) is 2. The SMILES string of the molecule is C=CCNC(=O)c1ccc(S(=O)(=O)NCCCc2ccccc2)cc1. The number of rotatable bonds is 9. The number of sulfonamides is 1. The van der Waals surface area contributed by atoms with Crippen LogP contribution < -0.4 is 10.0 Å². The monoisotopic (exact) mass is 358 g/mol. The first-order valence-electron chi connectivity index (χ1n) is 8.05. The van der Waals surface area contributed by atoms with E-state index in [0.717, 1.165) is 6.42 Å². The van der Waals surface area contributed by atoms with Crippen molar-refractivity contribution in [2.75, 3.05) is 13.1 Å². The van der Waals surface area contributed by atoms with E-state index in [-0.39, 0.29) is 10.8 Å². The van der Waals surface area contributed by atoms with Gasteiger partial charge >= 0.3 is 0 Å². The van der Waals surface area contributed by atoms with E-state index in [1.165, 1.54) is 29.8 Å². The van der Waals surface area contributed by atoms with Gasteiger partial charge in [-0.1, -0.05) is 36.4 Å². The summed E-state index contributed by atoms with van der Waals surface area (Å²) in [5, 5.41) is 2.64. The molecule has 5 nitrogen and oxygen atoms in total. The van der Waals surface area contributed by atoms with Gasteiger partial charge in [0.15, 0.2) is 0 Å². The van der Waals surface area contributed by atoms with Crippen molar-refractivity contribution < 1.29 is 13.2 Å². The van der Waals surface area contributed by atoms with Crippen molar-refractivity contribution in [1.82, 2.24) is 10.0 Å². The molecule has 132 valence electrons. The summed E-state index contributed by atoms with van der Waals surface area (Å²) in [6, 6.07) is 15.8. The molecule has 0 saturated carbocycles. The molecule has 0 aliphatic heterocycles. The lowest BCUT2D eigenvalue weighted by Gasteiger charge is -2.08. The molecule has 2 aromatic rings. The predicted molar refractivity (Wildman–Crippen MR) is 98.9 cm³/mol. The van der Waals surface area contributed by atoms with Crippen LogP contribution in [0.1, 0.15) is 22.3 Å². The van der Waals surface area contributed by atoms with E-state index in [2.05, 4.69) is 16.6 Å². The molecule has 0 fully saturated rings. The fraction of sp³-hybridized carbons (Fsp3) is 0.211. The Hall–Kier alpha value is -2.44. The Kier molecular flexibility index (Phi) is 6.91. The fourth-order valence-electron chi connectivity index (χ4n) is 2.28. The molecular formula is C19H22N2O3S. The van der Waals surface area contributed by atoms with Crippen molar-refractivity contribution in [3.63, 3.8) is 0 Å². The number of hydrogen-bond donors (Lipinski definition) is 2. The van der Waals surface area contributed by atoms with Gasteiger partial charge in [0.2, 0.25) is 10.0 Å². The average molecular weight is 358 g/mol. The maximum atomic E-state index is 12.3. The Labute approximate surface area is 148 Å². The highest BCUT2D eigenvalue weighted by atomic mass is 32.2. The highest BCUT2D eigenvalue weighted by Crippen LogP contribution is 2.11. The summed E-state index contributed by atoms with van der Waals surface area (Å²) >= 11 is 0. The second-order valence-corrected chi connectivity index (χ2v) is 7.28. The van der Waals surface area contributed by atoms with Crippen LogP contribution >= 0.6 is 0 Å². The Morgan fingerprint density at radius 1 is 1.04 bits per heavy atom. The van der Waals surface area contributed by atoms with E-state index in [4.69, 9.17) is 0 Å². The van der Waals surface area contributed by atoms with Gasteiger partial charge in [0.05, 0.1) is 4.90 Å². The van der Waals surface area contributed by atoms with Gasteiger partial charge in [0, 0.05) is 18.7 Å². The second kappa shape index (κ2) is 9.15. The quantitative estimate of drug-likeness (QED) is 0.534. The Morgan fingerprint density at radius 3 is 2.36 bits per heavy atom. The topological polar surface area (TPSA) is 75.3 Å². The summed E-state index contributed by atoms with van der Waals surface area (Å²) in [6.07, 6.45) is 3.10. The molecule has 1 amide bonds. The minimum atomic E-state index is -3.57. The van der Waals surface area contributed by atoms with Crippen LogP contribution in [0.15, 0.2) is 72.1 Å². The fourth-order valence-corrected chi connectivity index (χ4v) is 3.35. The van der Waals surface area contributed by atoms with E-state index in [9.17, 15) is 13.2 Å². The minimum Gasteiger partial charge on any atom is -0.349 e. The van der Waals surface area contributed by atoms with Gasteiger partial charge in [0.1, 0.15) is 0 Å². The average Bonchev–Trinajstić information content (AvgIpc) is 2.64. The van der Waals surface area contributed by atoms with E-state index in [1.807, 2.05) is 30.3 Å². The number of benzene rings is 2. The van der Waals surface area contributed by atoms with Gasteiger partial charge in [0.25, 0.3) is 5.91 Å². The number of aryl methyl sites for hydroxylation is 1. The van der Waals surface area contributed by atoms with Crippen LogP contribution in [0.2, 0.25) is 0 Å². The van der Waals surface area contributed by atoms with E-state index in [1.54, 1.807) is 6.08 Å². The van der Waals surface area contributed by atoms with Gasteiger partial charge in [-0.25, -0.2) is 13.1 Å². The lowest BCUT2D eigenvalue weighted by molar-refractivity contribution is 0.0958. The molecule has 0 bridgehead atoms. The number of carbonyl (C=O) groups is 1.